The van der Waals surface area contributed by atoms with Crippen LogP contribution in [0.15, 0.2) is 18.3 Å². The molecule has 0 aromatic carbocycles. The molecule has 0 saturated carbocycles. The maximum Gasteiger partial charge on any atom is 0.257 e. The van der Waals surface area contributed by atoms with E-state index in [9.17, 15) is 9.59 Å². The average Bonchev–Trinajstić information content (AvgIpc) is 3.27. The van der Waals surface area contributed by atoms with Crippen LogP contribution in [0.4, 0.5) is 0 Å². The summed E-state index contributed by atoms with van der Waals surface area (Å²) >= 11 is 0. The van der Waals surface area contributed by atoms with Crippen molar-refractivity contribution in [2.75, 3.05) is 33.3 Å². The molecule has 2 aromatic rings. The number of ether oxygens (including phenoxy) is 1. The number of amides is 2. The Morgan fingerprint density at radius 3 is 2.50 bits per heavy atom. The lowest BCUT2D eigenvalue weighted by atomic mass is 9.92. The van der Waals surface area contributed by atoms with Crippen molar-refractivity contribution in [3.05, 3.63) is 29.6 Å². The van der Waals surface area contributed by atoms with Crippen molar-refractivity contribution < 1.29 is 14.3 Å². The number of aromatic nitrogens is 4. The number of hydrogen-bond donors (Lipinski definition) is 0. The van der Waals surface area contributed by atoms with Crippen molar-refractivity contribution >= 4 is 11.8 Å². The van der Waals surface area contributed by atoms with Gasteiger partial charge in [0.2, 0.25) is 11.8 Å². The predicted octanol–water partition coefficient (Wildman–Crippen LogP) is 2.34. The second kappa shape index (κ2) is 9.67. The zero-order valence-corrected chi connectivity index (χ0v) is 19.2. The molecule has 1 atom stereocenters. The number of hydrogen-bond acceptors (Lipinski definition) is 6. The maximum atomic E-state index is 13.3. The van der Waals surface area contributed by atoms with E-state index < -0.39 is 0 Å². The molecule has 0 spiro atoms. The van der Waals surface area contributed by atoms with Crippen LogP contribution in [0.5, 0.6) is 5.88 Å². The summed E-state index contributed by atoms with van der Waals surface area (Å²) in [5.74, 6) is 1.80. The summed E-state index contributed by atoms with van der Waals surface area (Å²) in [4.78, 5) is 30.1. The van der Waals surface area contributed by atoms with Crippen LogP contribution in [0.3, 0.4) is 0 Å². The normalized spacial score (nSPS) is 19.8. The highest BCUT2D eigenvalue weighted by Crippen LogP contribution is 2.25. The summed E-state index contributed by atoms with van der Waals surface area (Å²) < 4.78 is 6.72. The second-order valence-electron chi connectivity index (χ2n) is 8.80. The quantitative estimate of drug-likeness (QED) is 0.709. The summed E-state index contributed by atoms with van der Waals surface area (Å²) in [5, 5.41) is 12.6. The number of carbonyl (C=O) groups excluding carboxylic acids is 2. The van der Waals surface area contributed by atoms with Crippen LogP contribution in [0.1, 0.15) is 55.6 Å². The Morgan fingerprint density at radius 2 is 1.88 bits per heavy atom. The standard InChI is InChI=1S/C23H32N6O3/c1-4-19-18(14-24-29(19)20-7-8-21(32-3)26-25-20)23(31)27-12-9-17(10-13-27)22(30)28-11-5-6-16(2)15-28/h7-8,14,16-17H,4-6,9-13,15H2,1-3H3/t16-/m0/s1. The first kappa shape index (κ1) is 22.2. The Morgan fingerprint density at radius 1 is 1.09 bits per heavy atom. The summed E-state index contributed by atoms with van der Waals surface area (Å²) in [7, 11) is 1.54. The van der Waals surface area contributed by atoms with Crippen LogP contribution in [0.25, 0.3) is 5.82 Å². The molecule has 2 aromatic heterocycles. The fourth-order valence-corrected chi connectivity index (χ4v) is 4.77. The zero-order valence-electron chi connectivity index (χ0n) is 19.2. The van der Waals surface area contributed by atoms with Crippen molar-refractivity contribution in [3.63, 3.8) is 0 Å². The fourth-order valence-electron chi connectivity index (χ4n) is 4.77. The molecule has 2 aliphatic heterocycles. The molecule has 2 amide bonds. The minimum atomic E-state index is -0.0351. The number of methoxy groups -OCH3 is 1. The number of likely N-dealkylation sites (tertiary alicyclic amines) is 2. The molecule has 0 aliphatic carbocycles. The van der Waals surface area contributed by atoms with Gasteiger partial charge in [-0.3, -0.25) is 9.59 Å². The van der Waals surface area contributed by atoms with E-state index in [1.807, 2.05) is 16.7 Å². The lowest BCUT2D eigenvalue weighted by Gasteiger charge is -2.37. The van der Waals surface area contributed by atoms with Gasteiger partial charge in [0.15, 0.2) is 5.82 Å². The van der Waals surface area contributed by atoms with E-state index in [1.165, 1.54) is 13.5 Å². The van der Waals surface area contributed by atoms with Crippen LogP contribution in [-0.4, -0.2) is 74.9 Å². The van der Waals surface area contributed by atoms with Gasteiger partial charge in [-0.15, -0.1) is 10.2 Å². The summed E-state index contributed by atoms with van der Waals surface area (Å²) in [6.07, 6.45) is 5.97. The van der Waals surface area contributed by atoms with Gasteiger partial charge in [-0.2, -0.15) is 5.10 Å². The van der Waals surface area contributed by atoms with Gasteiger partial charge in [-0.1, -0.05) is 13.8 Å². The molecule has 2 aliphatic rings. The molecular weight excluding hydrogens is 408 g/mol. The predicted molar refractivity (Wildman–Crippen MR) is 119 cm³/mol. The smallest absolute Gasteiger partial charge is 0.257 e. The number of carbonyl (C=O) groups is 2. The molecule has 0 unspecified atom stereocenters. The Labute approximate surface area is 188 Å². The molecule has 4 heterocycles. The largest absolute Gasteiger partial charge is 0.480 e. The van der Waals surface area contributed by atoms with Gasteiger partial charge in [-0.05, 0) is 44.1 Å². The second-order valence-corrected chi connectivity index (χ2v) is 8.80. The molecule has 9 heteroatoms. The molecule has 2 fully saturated rings. The maximum absolute atomic E-state index is 13.3. The van der Waals surface area contributed by atoms with E-state index in [2.05, 4.69) is 22.2 Å². The molecule has 32 heavy (non-hydrogen) atoms. The van der Waals surface area contributed by atoms with Crippen LogP contribution in [0, 0.1) is 11.8 Å². The molecule has 0 N–H and O–H groups in total. The fraction of sp³-hybridized carbons (Fsp3) is 0.609. The van der Waals surface area contributed by atoms with Gasteiger partial charge in [0.05, 0.1) is 24.6 Å². The van der Waals surface area contributed by atoms with Gasteiger partial charge < -0.3 is 14.5 Å². The van der Waals surface area contributed by atoms with Gasteiger partial charge in [0.1, 0.15) is 0 Å². The Balaban J connectivity index is 1.42. The van der Waals surface area contributed by atoms with E-state index in [4.69, 9.17) is 4.74 Å². The van der Waals surface area contributed by atoms with E-state index in [0.29, 0.717) is 42.7 Å². The third-order valence-corrected chi connectivity index (χ3v) is 6.59. The Hall–Kier alpha value is -2.97. The van der Waals surface area contributed by atoms with Crippen molar-refractivity contribution in [2.24, 2.45) is 11.8 Å². The van der Waals surface area contributed by atoms with Crippen LogP contribution < -0.4 is 4.74 Å². The molecular formula is C23H32N6O3. The third kappa shape index (κ3) is 4.47. The summed E-state index contributed by atoms with van der Waals surface area (Å²) in [6.45, 7) is 7.13. The van der Waals surface area contributed by atoms with Crippen LogP contribution in [-0.2, 0) is 11.2 Å². The molecule has 0 radical (unpaired) electrons. The minimum absolute atomic E-state index is 0.0206. The molecule has 0 bridgehead atoms. The molecule has 4 rings (SSSR count). The van der Waals surface area contributed by atoms with Gasteiger partial charge in [0, 0.05) is 38.2 Å². The lowest BCUT2D eigenvalue weighted by molar-refractivity contribution is -0.138. The minimum Gasteiger partial charge on any atom is -0.480 e. The van der Waals surface area contributed by atoms with Crippen LogP contribution in [0.2, 0.25) is 0 Å². The van der Waals surface area contributed by atoms with Crippen molar-refractivity contribution in [1.82, 2.24) is 29.8 Å². The Kier molecular flexibility index (Phi) is 6.72. The number of piperidine rings is 2. The highest BCUT2D eigenvalue weighted by atomic mass is 16.5. The monoisotopic (exact) mass is 440 g/mol. The molecule has 172 valence electrons. The van der Waals surface area contributed by atoms with E-state index in [-0.39, 0.29) is 17.7 Å². The summed E-state index contributed by atoms with van der Waals surface area (Å²) in [5.41, 5.74) is 1.38. The topological polar surface area (TPSA) is 93.5 Å². The average molecular weight is 441 g/mol. The van der Waals surface area contributed by atoms with Crippen molar-refractivity contribution in [1.29, 1.82) is 0 Å². The highest BCUT2D eigenvalue weighted by Gasteiger charge is 2.33. The third-order valence-electron chi connectivity index (χ3n) is 6.59. The van der Waals surface area contributed by atoms with E-state index in [0.717, 1.165) is 38.0 Å². The first-order valence-electron chi connectivity index (χ1n) is 11.5. The molecule has 9 nitrogen and oxygen atoms in total. The van der Waals surface area contributed by atoms with Crippen molar-refractivity contribution in [3.8, 4) is 11.7 Å². The van der Waals surface area contributed by atoms with Gasteiger partial charge in [-0.25, -0.2) is 4.68 Å². The van der Waals surface area contributed by atoms with Crippen LogP contribution >= 0.6 is 0 Å². The van der Waals surface area contributed by atoms with E-state index in [1.54, 1.807) is 23.0 Å². The SMILES string of the molecule is CCc1c(C(=O)N2CCC(C(=O)N3CCC[C@H](C)C3)CC2)cnn1-c1ccc(OC)nn1. The first-order chi connectivity index (χ1) is 15.5. The number of nitrogens with zero attached hydrogens (tertiary/aromatic N) is 6. The first-order valence-corrected chi connectivity index (χ1v) is 11.5. The Bertz CT molecular complexity index is 949. The highest BCUT2D eigenvalue weighted by molar-refractivity contribution is 5.95. The van der Waals surface area contributed by atoms with Gasteiger partial charge in [0.25, 0.3) is 5.91 Å². The summed E-state index contributed by atoms with van der Waals surface area (Å²) in [6, 6.07) is 3.49. The van der Waals surface area contributed by atoms with Gasteiger partial charge >= 0.3 is 0 Å². The zero-order chi connectivity index (χ0) is 22.7. The molecule has 2 saturated heterocycles. The van der Waals surface area contributed by atoms with Crippen molar-refractivity contribution in [2.45, 2.75) is 46.0 Å². The van der Waals surface area contributed by atoms with E-state index >= 15 is 0 Å². The lowest BCUT2D eigenvalue weighted by Crippen LogP contribution is -2.47. The number of rotatable bonds is 5.